The Kier molecular flexibility index (Phi) is 5.55. The van der Waals surface area contributed by atoms with Gasteiger partial charge < -0.3 is 9.67 Å². The van der Waals surface area contributed by atoms with Crippen molar-refractivity contribution in [3.05, 3.63) is 63.6 Å². The monoisotopic (exact) mass is 350 g/mol. The van der Waals surface area contributed by atoms with Crippen molar-refractivity contribution in [3.8, 4) is 18.1 Å². The molecule has 0 fully saturated rings. The minimum Gasteiger partial charge on any atom is -0.503 e. The predicted octanol–water partition coefficient (Wildman–Crippen LogP) is 2.75. The van der Waals surface area contributed by atoms with Gasteiger partial charge in [0.15, 0.2) is 5.75 Å². The van der Waals surface area contributed by atoms with Crippen molar-refractivity contribution < 1.29 is 18.3 Å². The molecule has 25 heavy (non-hydrogen) atoms. The molecule has 2 aromatic rings. The maximum Gasteiger partial charge on any atom is 0.416 e. The van der Waals surface area contributed by atoms with Gasteiger partial charge in [0, 0.05) is 38.1 Å². The number of aromatic nitrogens is 1. The van der Waals surface area contributed by atoms with E-state index in [0.717, 1.165) is 12.1 Å². The molecule has 132 valence electrons. The van der Waals surface area contributed by atoms with E-state index in [1.54, 1.807) is 11.6 Å². The second-order valence-corrected chi connectivity index (χ2v) is 5.67. The van der Waals surface area contributed by atoms with Crippen LogP contribution in [-0.4, -0.2) is 21.1 Å². The molecule has 4 nitrogen and oxygen atoms in total. The number of aryl methyl sites for hydroxylation is 1. The van der Waals surface area contributed by atoms with Crippen LogP contribution in [0.15, 0.2) is 41.3 Å². The van der Waals surface area contributed by atoms with E-state index in [0.29, 0.717) is 24.3 Å². The number of nitrogens with zero attached hydrogens (tertiary/aromatic N) is 2. The number of aromatic hydroxyl groups is 1. The van der Waals surface area contributed by atoms with Crippen LogP contribution in [0.3, 0.4) is 0 Å². The standard InChI is InChI=1S/C18H17F3N2O2/c1-3-8-23(11-15-9-16(24)17(25)12-22(15)2)10-13-4-6-14(7-5-13)18(19,20)21/h1,4-7,9,12,25H,8,10-11H2,2H3. The summed E-state index contributed by atoms with van der Waals surface area (Å²) in [6, 6.07) is 6.18. The molecule has 0 radical (unpaired) electrons. The van der Waals surface area contributed by atoms with E-state index in [4.69, 9.17) is 6.42 Å². The first-order valence-corrected chi connectivity index (χ1v) is 7.41. The summed E-state index contributed by atoms with van der Waals surface area (Å²) in [4.78, 5) is 13.4. The van der Waals surface area contributed by atoms with Crippen LogP contribution in [0.4, 0.5) is 13.2 Å². The van der Waals surface area contributed by atoms with Gasteiger partial charge in [-0.2, -0.15) is 13.2 Å². The lowest BCUT2D eigenvalue weighted by atomic mass is 10.1. The molecule has 0 aliphatic rings. The zero-order valence-corrected chi connectivity index (χ0v) is 13.5. The Bertz CT molecular complexity index is 833. The third-order valence-corrected chi connectivity index (χ3v) is 3.71. The number of halogens is 3. The first-order valence-electron chi connectivity index (χ1n) is 7.41. The van der Waals surface area contributed by atoms with E-state index < -0.39 is 17.2 Å². The van der Waals surface area contributed by atoms with Crippen LogP contribution < -0.4 is 5.43 Å². The van der Waals surface area contributed by atoms with Crippen LogP contribution in [0, 0.1) is 12.3 Å². The van der Waals surface area contributed by atoms with Gasteiger partial charge in [0.2, 0.25) is 5.43 Å². The number of hydrogen-bond acceptors (Lipinski definition) is 3. The number of benzene rings is 1. The van der Waals surface area contributed by atoms with Crippen molar-refractivity contribution in [1.82, 2.24) is 9.47 Å². The van der Waals surface area contributed by atoms with E-state index in [2.05, 4.69) is 5.92 Å². The largest absolute Gasteiger partial charge is 0.503 e. The summed E-state index contributed by atoms with van der Waals surface area (Å²) in [6.45, 7) is 0.907. The van der Waals surface area contributed by atoms with Crippen molar-refractivity contribution in [2.75, 3.05) is 6.54 Å². The average Bonchev–Trinajstić information content (AvgIpc) is 2.52. The number of terminal acetylenes is 1. The van der Waals surface area contributed by atoms with Gasteiger partial charge in [-0.1, -0.05) is 18.1 Å². The molecule has 2 rings (SSSR count). The van der Waals surface area contributed by atoms with Crippen molar-refractivity contribution in [1.29, 1.82) is 0 Å². The van der Waals surface area contributed by atoms with Gasteiger partial charge in [-0.15, -0.1) is 6.42 Å². The first kappa shape index (κ1) is 18.6. The summed E-state index contributed by atoms with van der Waals surface area (Å²) < 4.78 is 39.5. The van der Waals surface area contributed by atoms with Gasteiger partial charge in [0.1, 0.15) is 0 Å². The van der Waals surface area contributed by atoms with Crippen molar-refractivity contribution in [2.24, 2.45) is 7.05 Å². The summed E-state index contributed by atoms with van der Waals surface area (Å²) in [5, 5.41) is 9.42. The fourth-order valence-electron chi connectivity index (χ4n) is 2.40. The van der Waals surface area contributed by atoms with E-state index in [1.807, 2.05) is 4.90 Å². The van der Waals surface area contributed by atoms with E-state index in [-0.39, 0.29) is 12.3 Å². The molecule has 0 unspecified atom stereocenters. The lowest BCUT2D eigenvalue weighted by molar-refractivity contribution is -0.137. The minimum atomic E-state index is -4.37. The van der Waals surface area contributed by atoms with Gasteiger partial charge in [0.05, 0.1) is 12.1 Å². The predicted molar refractivity (Wildman–Crippen MR) is 87.7 cm³/mol. The van der Waals surface area contributed by atoms with Gasteiger partial charge >= 0.3 is 6.18 Å². The third-order valence-electron chi connectivity index (χ3n) is 3.71. The molecule has 1 N–H and O–H groups in total. The molecular weight excluding hydrogens is 333 g/mol. The fourth-order valence-corrected chi connectivity index (χ4v) is 2.40. The van der Waals surface area contributed by atoms with E-state index >= 15 is 0 Å². The molecule has 1 aromatic heterocycles. The maximum atomic E-state index is 12.6. The SMILES string of the molecule is C#CCN(Cc1ccc(C(F)(F)F)cc1)Cc1cc(=O)c(O)cn1C. The van der Waals surface area contributed by atoms with Crippen LogP contribution in [-0.2, 0) is 26.3 Å². The molecule has 1 heterocycles. The highest BCUT2D eigenvalue weighted by molar-refractivity contribution is 5.25. The molecule has 0 saturated carbocycles. The number of rotatable bonds is 5. The Morgan fingerprint density at radius 2 is 1.88 bits per heavy atom. The highest BCUT2D eigenvalue weighted by Crippen LogP contribution is 2.29. The molecule has 0 aliphatic heterocycles. The molecule has 0 bridgehead atoms. The molecule has 0 amide bonds. The van der Waals surface area contributed by atoms with Crippen LogP contribution in [0.25, 0.3) is 0 Å². The Balaban J connectivity index is 2.18. The third kappa shape index (κ3) is 4.88. The Morgan fingerprint density at radius 3 is 2.44 bits per heavy atom. The lowest BCUT2D eigenvalue weighted by Crippen LogP contribution is -2.26. The fraction of sp³-hybridized carbons (Fsp3) is 0.278. The van der Waals surface area contributed by atoms with Crippen LogP contribution in [0.5, 0.6) is 5.75 Å². The second kappa shape index (κ2) is 7.45. The normalized spacial score (nSPS) is 11.5. The summed E-state index contributed by atoms with van der Waals surface area (Å²) in [6.07, 6.45) is 2.30. The van der Waals surface area contributed by atoms with Crippen molar-refractivity contribution in [2.45, 2.75) is 19.3 Å². The van der Waals surface area contributed by atoms with Crippen LogP contribution in [0.2, 0.25) is 0 Å². The van der Waals surface area contributed by atoms with Gasteiger partial charge in [-0.3, -0.25) is 9.69 Å². The Hall–Kier alpha value is -2.72. The van der Waals surface area contributed by atoms with Gasteiger partial charge in [-0.25, -0.2) is 0 Å². The molecule has 7 heteroatoms. The van der Waals surface area contributed by atoms with Crippen molar-refractivity contribution in [3.63, 3.8) is 0 Å². The highest BCUT2D eigenvalue weighted by Gasteiger charge is 2.29. The Labute approximate surface area is 143 Å². The molecular formula is C18H17F3N2O2. The molecule has 0 aliphatic carbocycles. The molecule has 0 spiro atoms. The quantitative estimate of drug-likeness (QED) is 0.844. The number of hydrogen-bond donors (Lipinski definition) is 1. The number of alkyl halides is 3. The topological polar surface area (TPSA) is 45.5 Å². The second-order valence-electron chi connectivity index (χ2n) is 5.67. The summed E-state index contributed by atoms with van der Waals surface area (Å²) in [5.41, 5.74) is 0.0981. The number of pyridine rings is 1. The first-order chi connectivity index (χ1) is 11.7. The smallest absolute Gasteiger partial charge is 0.416 e. The lowest BCUT2D eigenvalue weighted by Gasteiger charge is -2.21. The zero-order chi connectivity index (χ0) is 18.6. The molecule has 1 aromatic carbocycles. The molecule has 0 saturated heterocycles. The van der Waals surface area contributed by atoms with Crippen LogP contribution in [0.1, 0.15) is 16.8 Å². The highest BCUT2D eigenvalue weighted by atomic mass is 19.4. The summed E-state index contributed by atoms with van der Waals surface area (Å²) in [7, 11) is 1.68. The average molecular weight is 350 g/mol. The van der Waals surface area contributed by atoms with Gasteiger partial charge in [0.25, 0.3) is 0 Å². The molecule has 0 atom stereocenters. The van der Waals surface area contributed by atoms with Crippen molar-refractivity contribution >= 4 is 0 Å². The summed E-state index contributed by atoms with van der Waals surface area (Å²) in [5.74, 6) is 2.15. The van der Waals surface area contributed by atoms with E-state index in [9.17, 15) is 23.1 Å². The zero-order valence-electron chi connectivity index (χ0n) is 13.5. The summed E-state index contributed by atoms with van der Waals surface area (Å²) >= 11 is 0. The maximum absolute atomic E-state index is 12.6. The minimum absolute atomic E-state index is 0.260. The van der Waals surface area contributed by atoms with E-state index in [1.165, 1.54) is 24.4 Å². The van der Waals surface area contributed by atoms with Crippen LogP contribution >= 0.6 is 0 Å². The Morgan fingerprint density at radius 1 is 1.24 bits per heavy atom. The van der Waals surface area contributed by atoms with Gasteiger partial charge in [-0.05, 0) is 17.7 Å².